The van der Waals surface area contributed by atoms with E-state index < -0.39 is 6.10 Å². The Morgan fingerprint density at radius 2 is 1.80 bits per heavy atom. The standard InChI is InChI=1S/C16H18N2O2/c1-12(15(19)13-8-4-3-5-9-13)18(2)16(20)14-10-6-7-11-17-14/h3-12,15,19H,1-2H3/t12-,15-/m0/s1. The van der Waals surface area contributed by atoms with Gasteiger partial charge in [-0.2, -0.15) is 0 Å². The number of amides is 1. The monoisotopic (exact) mass is 270 g/mol. The molecule has 4 heteroatoms. The highest BCUT2D eigenvalue weighted by molar-refractivity contribution is 5.92. The fraction of sp³-hybridized carbons (Fsp3) is 0.250. The summed E-state index contributed by atoms with van der Waals surface area (Å²) >= 11 is 0. The van der Waals surface area contributed by atoms with Crippen molar-refractivity contribution in [2.45, 2.75) is 19.1 Å². The fourth-order valence-corrected chi connectivity index (χ4v) is 2.00. The number of benzene rings is 1. The minimum Gasteiger partial charge on any atom is -0.386 e. The van der Waals surface area contributed by atoms with Gasteiger partial charge in [-0.1, -0.05) is 36.4 Å². The van der Waals surface area contributed by atoms with Crippen LogP contribution in [0, 0.1) is 0 Å². The summed E-state index contributed by atoms with van der Waals surface area (Å²) in [4.78, 5) is 17.8. The topological polar surface area (TPSA) is 53.4 Å². The van der Waals surface area contributed by atoms with Crippen molar-refractivity contribution in [3.63, 3.8) is 0 Å². The molecule has 1 aromatic heterocycles. The van der Waals surface area contributed by atoms with Crippen LogP contribution in [0.2, 0.25) is 0 Å². The first kappa shape index (κ1) is 14.2. The van der Waals surface area contributed by atoms with Crippen molar-refractivity contribution in [1.82, 2.24) is 9.88 Å². The molecule has 4 nitrogen and oxygen atoms in total. The van der Waals surface area contributed by atoms with E-state index in [1.54, 1.807) is 31.4 Å². The maximum atomic E-state index is 12.3. The molecule has 0 saturated heterocycles. The third-order valence-electron chi connectivity index (χ3n) is 3.41. The van der Waals surface area contributed by atoms with Crippen LogP contribution < -0.4 is 0 Å². The number of nitrogens with zero attached hydrogens (tertiary/aromatic N) is 2. The van der Waals surface area contributed by atoms with Gasteiger partial charge in [-0.15, -0.1) is 0 Å². The number of pyridine rings is 1. The predicted octanol–water partition coefficient (Wildman–Crippen LogP) is 2.28. The Morgan fingerprint density at radius 1 is 1.15 bits per heavy atom. The van der Waals surface area contributed by atoms with Gasteiger partial charge >= 0.3 is 0 Å². The number of carbonyl (C=O) groups excluding carboxylic acids is 1. The molecule has 0 unspecified atom stereocenters. The summed E-state index contributed by atoms with van der Waals surface area (Å²) in [5.41, 5.74) is 1.17. The molecule has 1 heterocycles. The first-order chi connectivity index (χ1) is 9.61. The van der Waals surface area contributed by atoms with Gasteiger partial charge < -0.3 is 10.0 Å². The first-order valence-electron chi connectivity index (χ1n) is 6.52. The molecule has 0 aliphatic rings. The van der Waals surface area contributed by atoms with E-state index in [9.17, 15) is 9.90 Å². The van der Waals surface area contributed by atoms with Crippen molar-refractivity contribution in [3.05, 3.63) is 66.0 Å². The van der Waals surface area contributed by atoms with Crippen LogP contribution in [0.25, 0.3) is 0 Å². The maximum Gasteiger partial charge on any atom is 0.272 e. The zero-order chi connectivity index (χ0) is 14.5. The van der Waals surface area contributed by atoms with Crippen LogP contribution in [-0.2, 0) is 0 Å². The van der Waals surface area contributed by atoms with Crippen molar-refractivity contribution in [2.75, 3.05) is 7.05 Å². The highest BCUT2D eigenvalue weighted by Crippen LogP contribution is 2.20. The van der Waals surface area contributed by atoms with Crippen LogP contribution in [0.3, 0.4) is 0 Å². The predicted molar refractivity (Wildman–Crippen MR) is 77.2 cm³/mol. The quantitative estimate of drug-likeness (QED) is 0.927. The summed E-state index contributed by atoms with van der Waals surface area (Å²) in [6.45, 7) is 1.82. The molecule has 0 bridgehead atoms. The minimum absolute atomic E-state index is 0.201. The molecule has 0 spiro atoms. The van der Waals surface area contributed by atoms with Gasteiger partial charge in [0, 0.05) is 13.2 Å². The van der Waals surface area contributed by atoms with Crippen molar-refractivity contribution in [2.24, 2.45) is 0 Å². The lowest BCUT2D eigenvalue weighted by Gasteiger charge is -2.29. The molecule has 2 aromatic rings. The van der Waals surface area contributed by atoms with Gasteiger partial charge in [-0.25, -0.2) is 0 Å². The zero-order valence-electron chi connectivity index (χ0n) is 11.6. The smallest absolute Gasteiger partial charge is 0.272 e. The van der Waals surface area contributed by atoms with Gasteiger partial charge in [-0.05, 0) is 24.6 Å². The molecule has 0 aliphatic carbocycles. The Balaban J connectivity index is 2.13. The molecular formula is C16H18N2O2. The molecule has 1 amide bonds. The third-order valence-corrected chi connectivity index (χ3v) is 3.41. The van der Waals surface area contributed by atoms with Crippen LogP contribution in [0.15, 0.2) is 54.7 Å². The SMILES string of the molecule is C[C@@H]([C@H](O)c1ccccc1)N(C)C(=O)c1ccccn1. The van der Waals surface area contributed by atoms with Crippen LogP contribution >= 0.6 is 0 Å². The molecule has 1 N–H and O–H groups in total. The first-order valence-corrected chi connectivity index (χ1v) is 6.52. The number of hydrogen-bond donors (Lipinski definition) is 1. The molecular weight excluding hydrogens is 252 g/mol. The van der Waals surface area contributed by atoms with E-state index in [0.717, 1.165) is 5.56 Å². The lowest BCUT2D eigenvalue weighted by Crippen LogP contribution is -2.39. The van der Waals surface area contributed by atoms with Gasteiger partial charge in [-0.3, -0.25) is 9.78 Å². The number of rotatable bonds is 4. The summed E-state index contributed by atoms with van der Waals surface area (Å²) < 4.78 is 0. The Hall–Kier alpha value is -2.20. The maximum absolute atomic E-state index is 12.3. The van der Waals surface area contributed by atoms with E-state index in [0.29, 0.717) is 5.69 Å². The summed E-state index contributed by atoms with van der Waals surface area (Å²) in [5.74, 6) is -0.201. The number of hydrogen-bond acceptors (Lipinski definition) is 3. The van der Waals surface area contributed by atoms with Crippen LogP contribution in [0.1, 0.15) is 29.1 Å². The minimum atomic E-state index is -0.728. The lowest BCUT2D eigenvalue weighted by atomic mass is 10.0. The van der Waals surface area contributed by atoms with Crippen molar-refractivity contribution in [3.8, 4) is 0 Å². The van der Waals surface area contributed by atoms with Gasteiger partial charge in [0.1, 0.15) is 5.69 Å². The highest BCUT2D eigenvalue weighted by atomic mass is 16.3. The molecule has 0 aliphatic heterocycles. The average Bonchev–Trinajstić information content (AvgIpc) is 2.53. The Bertz CT molecular complexity index is 557. The van der Waals surface area contributed by atoms with Crippen LogP contribution in [-0.4, -0.2) is 34.0 Å². The van der Waals surface area contributed by atoms with E-state index in [-0.39, 0.29) is 11.9 Å². The van der Waals surface area contributed by atoms with Crippen molar-refractivity contribution < 1.29 is 9.90 Å². The zero-order valence-corrected chi connectivity index (χ0v) is 11.6. The van der Waals surface area contributed by atoms with E-state index in [1.165, 1.54) is 4.90 Å². The second-order valence-electron chi connectivity index (χ2n) is 4.73. The Morgan fingerprint density at radius 3 is 2.40 bits per heavy atom. The molecule has 20 heavy (non-hydrogen) atoms. The summed E-state index contributed by atoms with van der Waals surface area (Å²) in [7, 11) is 1.67. The Labute approximate surface area is 118 Å². The van der Waals surface area contributed by atoms with E-state index in [1.807, 2.05) is 37.3 Å². The number of likely N-dealkylation sites (N-methyl/N-ethyl adjacent to an activating group) is 1. The normalized spacial score (nSPS) is 13.6. The van der Waals surface area contributed by atoms with Crippen LogP contribution in [0.4, 0.5) is 0 Å². The van der Waals surface area contributed by atoms with Gasteiger partial charge in [0.15, 0.2) is 0 Å². The number of aliphatic hydroxyl groups excluding tert-OH is 1. The number of aromatic nitrogens is 1. The molecule has 0 fully saturated rings. The average molecular weight is 270 g/mol. The molecule has 2 atom stereocenters. The van der Waals surface area contributed by atoms with Crippen LogP contribution in [0.5, 0.6) is 0 Å². The molecule has 2 rings (SSSR count). The van der Waals surface area contributed by atoms with Crippen molar-refractivity contribution in [1.29, 1.82) is 0 Å². The largest absolute Gasteiger partial charge is 0.386 e. The summed E-state index contributed by atoms with van der Waals surface area (Å²) in [5, 5.41) is 10.3. The van der Waals surface area contributed by atoms with Gasteiger partial charge in [0.2, 0.25) is 0 Å². The Kier molecular flexibility index (Phi) is 4.48. The number of aliphatic hydroxyl groups is 1. The summed E-state index contributed by atoms with van der Waals surface area (Å²) in [6, 6.07) is 14.2. The van der Waals surface area contributed by atoms with Gasteiger partial charge in [0.25, 0.3) is 5.91 Å². The van der Waals surface area contributed by atoms with E-state index >= 15 is 0 Å². The molecule has 1 aromatic carbocycles. The second kappa shape index (κ2) is 6.30. The molecule has 0 radical (unpaired) electrons. The van der Waals surface area contributed by atoms with Gasteiger partial charge in [0.05, 0.1) is 12.1 Å². The van der Waals surface area contributed by atoms with E-state index in [4.69, 9.17) is 0 Å². The fourth-order valence-electron chi connectivity index (χ4n) is 2.00. The van der Waals surface area contributed by atoms with Crippen molar-refractivity contribution >= 4 is 5.91 Å². The number of carbonyl (C=O) groups is 1. The second-order valence-corrected chi connectivity index (χ2v) is 4.73. The lowest BCUT2D eigenvalue weighted by molar-refractivity contribution is 0.0482. The summed E-state index contributed by atoms with van der Waals surface area (Å²) in [6.07, 6.45) is 0.855. The molecule has 0 saturated carbocycles. The highest BCUT2D eigenvalue weighted by Gasteiger charge is 2.25. The molecule has 104 valence electrons. The van der Waals surface area contributed by atoms with E-state index in [2.05, 4.69) is 4.98 Å². The third kappa shape index (κ3) is 3.03.